The number of nitrogens with zero attached hydrogens (tertiary/aromatic N) is 2. The fourth-order valence-corrected chi connectivity index (χ4v) is 8.26. The normalized spacial score (nSPS) is 31.6. The molecule has 0 aliphatic carbocycles. The van der Waals surface area contributed by atoms with Gasteiger partial charge in [-0.05, 0) is 56.2 Å². The number of nitrogens with one attached hydrogen (secondary N) is 1. The minimum atomic E-state index is -1.44. The van der Waals surface area contributed by atoms with Crippen LogP contribution in [0.1, 0.15) is 62.8 Å². The van der Waals surface area contributed by atoms with Crippen LogP contribution in [0.5, 0.6) is 0 Å². The molecule has 2 aromatic rings. The number of ether oxygens (including phenoxy) is 2. The monoisotopic (exact) mass is 669 g/mol. The lowest BCUT2D eigenvalue weighted by Crippen LogP contribution is -2.59. The lowest BCUT2D eigenvalue weighted by Gasteiger charge is -2.39. The lowest BCUT2D eigenvalue weighted by molar-refractivity contribution is -0.161. The summed E-state index contributed by atoms with van der Waals surface area (Å²) in [7, 11) is 0. The number of amides is 3. The number of carbonyl (C=O) groups excluding carboxylic acids is 4. The highest BCUT2D eigenvalue weighted by Crippen LogP contribution is 2.56. The molecule has 4 heterocycles. The van der Waals surface area contributed by atoms with Crippen LogP contribution in [0.15, 0.2) is 72.8 Å². The molecule has 0 radical (unpaired) electrons. The number of hydrogen-bond acceptors (Lipinski definition) is 7. The van der Waals surface area contributed by atoms with Crippen molar-refractivity contribution in [1.29, 1.82) is 0 Å². The van der Waals surface area contributed by atoms with E-state index in [0.29, 0.717) is 18.4 Å². The van der Waals surface area contributed by atoms with Crippen LogP contribution in [0.2, 0.25) is 0 Å². The molecule has 3 amide bonds. The third kappa shape index (κ3) is 6.21. The van der Waals surface area contributed by atoms with Gasteiger partial charge in [-0.15, -0.1) is 0 Å². The van der Waals surface area contributed by atoms with Crippen LogP contribution >= 0.6 is 0 Å². The Morgan fingerprint density at radius 3 is 2.37 bits per heavy atom. The summed E-state index contributed by atoms with van der Waals surface area (Å²) in [6, 6.07) is 12.6. The van der Waals surface area contributed by atoms with Gasteiger partial charge in [0.2, 0.25) is 11.8 Å². The van der Waals surface area contributed by atoms with Gasteiger partial charge in [0.15, 0.2) is 0 Å². The van der Waals surface area contributed by atoms with Crippen molar-refractivity contribution in [3.05, 3.63) is 89.5 Å². The number of fused-ring (bicyclic) bond motifs is 2. The first-order valence-corrected chi connectivity index (χ1v) is 17.4. The minimum Gasteiger partial charge on any atom is -0.455 e. The van der Waals surface area contributed by atoms with E-state index in [4.69, 9.17) is 9.47 Å². The van der Waals surface area contributed by atoms with Crippen LogP contribution in [-0.2, 0) is 28.7 Å². The number of benzene rings is 2. The maximum absolute atomic E-state index is 15.2. The summed E-state index contributed by atoms with van der Waals surface area (Å²) in [6.07, 6.45) is 6.76. The van der Waals surface area contributed by atoms with E-state index in [1.807, 2.05) is 88.4 Å². The highest BCUT2D eigenvalue weighted by molar-refractivity contribution is 6.06. The van der Waals surface area contributed by atoms with Gasteiger partial charge in [0, 0.05) is 18.7 Å². The zero-order valence-corrected chi connectivity index (χ0v) is 28.9. The fraction of sp³-hybridized carbons (Fsp3) is 0.487. The molecule has 5 bridgehead atoms. The first kappa shape index (κ1) is 34.6. The summed E-state index contributed by atoms with van der Waals surface area (Å²) in [5, 5.41) is 13.7. The van der Waals surface area contributed by atoms with Gasteiger partial charge in [0.1, 0.15) is 23.7 Å². The zero-order chi connectivity index (χ0) is 35.0. The molecule has 6 rings (SSSR count). The SMILES string of the molecule is Cc1cccc(C)c1N1C/C=C\CCC(=O)N[C@@H](C)[C@H](c2ccccc2)OC(=O)[C@@H]2[C@H]3C(=O)N([C@@H](CO)CC(C)C)[C@H](C1=O)[C@]31C=C[C@H]2O1. The molecule has 0 unspecified atom stereocenters. The Morgan fingerprint density at radius 1 is 0.980 bits per heavy atom. The van der Waals surface area contributed by atoms with Crippen LogP contribution in [-0.4, -0.2) is 76.7 Å². The molecule has 2 N–H and O–H groups in total. The third-order valence-electron chi connectivity index (χ3n) is 10.3. The number of hydrogen-bond donors (Lipinski definition) is 2. The Morgan fingerprint density at radius 2 is 1.69 bits per heavy atom. The predicted octanol–water partition coefficient (Wildman–Crippen LogP) is 4.33. The van der Waals surface area contributed by atoms with E-state index in [2.05, 4.69) is 5.32 Å². The van der Waals surface area contributed by atoms with Gasteiger partial charge in [-0.2, -0.15) is 0 Å². The second-order valence-electron chi connectivity index (χ2n) is 14.2. The number of likely N-dealkylation sites (tertiary alicyclic amines) is 1. The Hall–Kier alpha value is -4.28. The van der Waals surface area contributed by atoms with Gasteiger partial charge >= 0.3 is 5.97 Å². The number of aliphatic hydroxyl groups is 1. The Labute approximate surface area is 288 Å². The lowest BCUT2D eigenvalue weighted by atomic mass is 9.74. The Bertz CT molecular complexity index is 1630. The summed E-state index contributed by atoms with van der Waals surface area (Å²) in [5.74, 6) is -3.58. The second-order valence-corrected chi connectivity index (χ2v) is 14.2. The number of esters is 1. The first-order valence-electron chi connectivity index (χ1n) is 17.4. The molecule has 260 valence electrons. The van der Waals surface area contributed by atoms with E-state index in [9.17, 15) is 19.5 Å². The summed E-state index contributed by atoms with van der Waals surface area (Å²) in [5.41, 5.74) is 1.74. The van der Waals surface area contributed by atoms with E-state index in [1.54, 1.807) is 24.0 Å². The summed E-state index contributed by atoms with van der Waals surface area (Å²) in [4.78, 5) is 60.6. The first-order chi connectivity index (χ1) is 23.5. The molecule has 10 nitrogen and oxygen atoms in total. The van der Waals surface area contributed by atoms with Gasteiger partial charge in [0.25, 0.3) is 5.91 Å². The van der Waals surface area contributed by atoms with Crippen molar-refractivity contribution < 1.29 is 33.8 Å². The number of rotatable bonds is 6. The highest BCUT2D eigenvalue weighted by Gasteiger charge is 2.74. The molecule has 8 atom stereocenters. The number of aryl methyl sites for hydroxylation is 2. The van der Waals surface area contributed by atoms with Crippen molar-refractivity contribution in [2.45, 2.75) is 89.8 Å². The van der Waals surface area contributed by atoms with E-state index in [1.165, 1.54) is 4.90 Å². The summed E-state index contributed by atoms with van der Waals surface area (Å²) in [6.45, 7) is 9.51. The van der Waals surface area contributed by atoms with Gasteiger partial charge in [-0.1, -0.05) is 86.7 Å². The highest BCUT2D eigenvalue weighted by atomic mass is 16.6. The smallest absolute Gasteiger partial charge is 0.313 e. The molecule has 2 saturated heterocycles. The standard InChI is InChI=1S/C39H47N3O7/c1-23(2)21-28(22-43)42-35-37(46)41(33-24(3)13-12-14-25(33)4)20-11-7-10-17-30(44)40-26(5)34(27-15-8-6-9-16-27)48-38(47)31-29-18-19-39(35,49-29)32(31)36(42)45/h6-9,11-16,18-19,23,26,28-29,31-32,34-35,43H,10,17,20-22H2,1-5H3,(H,40,44)/b11-7-/t26-,28+,29+,31-,32-,34+,35+,39-/m0/s1. The van der Waals surface area contributed by atoms with Crippen LogP contribution < -0.4 is 10.2 Å². The second kappa shape index (κ2) is 13.9. The van der Waals surface area contributed by atoms with E-state index in [-0.39, 0.29) is 37.3 Å². The van der Waals surface area contributed by atoms with Gasteiger partial charge in [-0.25, -0.2) is 0 Å². The quantitative estimate of drug-likeness (QED) is 0.347. The number of cyclic esters (lactones) is 1. The molecule has 1 spiro atoms. The van der Waals surface area contributed by atoms with Crippen molar-refractivity contribution >= 4 is 29.4 Å². The largest absolute Gasteiger partial charge is 0.455 e. The van der Waals surface area contributed by atoms with Gasteiger partial charge in [-0.3, -0.25) is 19.2 Å². The average molecular weight is 670 g/mol. The molecule has 0 aromatic heterocycles. The molecule has 2 fully saturated rings. The summed E-state index contributed by atoms with van der Waals surface area (Å²) >= 11 is 0. The average Bonchev–Trinajstić information content (AvgIpc) is 3.71. The maximum Gasteiger partial charge on any atom is 0.313 e. The number of carbonyl (C=O) groups is 4. The van der Waals surface area contributed by atoms with E-state index in [0.717, 1.165) is 16.8 Å². The molecular formula is C39H47N3O7. The van der Waals surface area contributed by atoms with Crippen molar-refractivity contribution in [1.82, 2.24) is 10.2 Å². The molecule has 49 heavy (non-hydrogen) atoms. The minimum absolute atomic E-state index is 0.110. The van der Waals surface area contributed by atoms with Crippen molar-refractivity contribution in [3.63, 3.8) is 0 Å². The Balaban J connectivity index is 1.50. The van der Waals surface area contributed by atoms with Gasteiger partial charge in [0.05, 0.1) is 30.7 Å². The molecule has 0 saturated carbocycles. The maximum atomic E-state index is 15.2. The fourth-order valence-electron chi connectivity index (χ4n) is 8.26. The molecule has 4 aliphatic rings. The number of allylic oxidation sites excluding steroid dienone is 1. The van der Waals surface area contributed by atoms with Crippen LogP contribution in [0, 0.1) is 31.6 Å². The molecular weight excluding hydrogens is 622 g/mol. The van der Waals surface area contributed by atoms with E-state index >= 15 is 4.79 Å². The van der Waals surface area contributed by atoms with Crippen molar-refractivity contribution in [3.8, 4) is 0 Å². The van der Waals surface area contributed by atoms with Crippen LogP contribution in [0.25, 0.3) is 0 Å². The molecule has 4 aliphatic heterocycles. The molecule has 2 aromatic carbocycles. The van der Waals surface area contributed by atoms with Gasteiger partial charge < -0.3 is 29.7 Å². The molecule has 10 heteroatoms. The topological polar surface area (TPSA) is 125 Å². The zero-order valence-electron chi connectivity index (χ0n) is 28.9. The number of anilines is 1. The summed E-state index contributed by atoms with van der Waals surface area (Å²) < 4.78 is 12.9. The van der Waals surface area contributed by atoms with Crippen molar-refractivity contribution in [2.24, 2.45) is 17.8 Å². The van der Waals surface area contributed by atoms with Crippen LogP contribution in [0.4, 0.5) is 5.69 Å². The van der Waals surface area contributed by atoms with E-state index < -0.39 is 59.6 Å². The Kier molecular flexibility index (Phi) is 9.82. The number of aliphatic hydroxyl groups excluding tert-OH is 1. The third-order valence-corrected chi connectivity index (χ3v) is 10.3. The predicted molar refractivity (Wildman–Crippen MR) is 184 cm³/mol. The number of para-hydroxylation sites is 1. The van der Waals surface area contributed by atoms with Crippen molar-refractivity contribution in [2.75, 3.05) is 18.1 Å². The van der Waals surface area contributed by atoms with Crippen LogP contribution in [0.3, 0.4) is 0 Å².